The lowest BCUT2D eigenvalue weighted by Crippen LogP contribution is -2.36. The Hall–Kier alpha value is -3.62. The normalized spacial score (nSPS) is 11.2. The molecule has 4 aromatic rings. The molecule has 36 heavy (non-hydrogen) atoms. The van der Waals surface area contributed by atoms with Crippen molar-refractivity contribution in [3.63, 3.8) is 0 Å². The Kier molecular flexibility index (Phi) is 7.19. The average molecular weight is 568 g/mol. The van der Waals surface area contributed by atoms with E-state index in [4.69, 9.17) is 11.6 Å². The van der Waals surface area contributed by atoms with E-state index in [1.54, 1.807) is 60.7 Å². The van der Waals surface area contributed by atoms with Gasteiger partial charge in [0, 0.05) is 15.5 Å². The zero-order valence-corrected chi connectivity index (χ0v) is 22.2. The highest BCUT2D eigenvalue weighted by atomic mass is 79.9. The van der Waals surface area contributed by atoms with Crippen molar-refractivity contribution >= 4 is 67.5 Å². The molecule has 0 spiro atoms. The molecule has 1 aromatic heterocycles. The van der Waals surface area contributed by atoms with Gasteiger partial charge in [-0.2, -0.15) is 0 Å². The van der Waals surface area contributed by atoms with Crippen LogP contribution in [0.1, 0.15) is 36.8 Å². The maximum absolute atomic E-state index is 13.1. The van der Waals surface area contributed by atoms with Gasteiger partial charge in [0.1, 0.15) is 5.69 Å². The number of carbonyl (C=O) groups excluding carboxylic acids is 3. The molecule has 0 bridgehead atoms. The van der Waals surface area contributed by atoms with E-state index in [0.29, 0.717) is 27.3 Å². The summed E-state index contributed by atoms with van der Waals surface area (Å²) in [6.07, 6.45) is 0. The number of halogens is 2. The Morgan fingerprint density at radius 3 is 2.22 bits per heavy atom. The Balaban J connectivity index is 1.59. The monoisotopic (exact) mass is 566 g/mol. The van der Waals surface area contributed by atoms with E-state index in [9.17, 15) is 14.4 Å². The third-order valence-corrected chi connectivity index (χ3v) is 6.37. The second kappa shape index (κ2) is 10.2. The first kappa shape index (κ1) is 25.5. The predicted octanol–water partition coefficient (Wildman–Crippen LogP) is 6.32. The van der Waals surface area contributed by atoms with Crippen molar-refractivity contribution < 1.29 is 14.4 Å². The quantitative estimate of drug-likeness (QED) is 0.252. The van der Waals surface area contributed by atoms with Crippen LogP contribution in [0.4, 0.5) is 11.4 Å². The molecule has 9 heteroatoms. The molecule has 4 rings (SSSR count). The third-order valence-electron chi connectivity index (χ3n) is 5.55. The summed E-state index contributed by atoms with van der Waals surface area (Å²) in [4.78, 5) is 38.6. The molecule has 0 aliphatic rings. The van der Waals surface area contributed by atoms with Gasteiger partial charge in [0.2, 0.25) is 0 Å². The molecule has 0 atom stereocenters. The number of fused-ring (bicyclic) bond motifs is 1. The van der Waals surface area contributed by atoms with Crippen molar-refractivity contribution in [3.05, 3.63) is 93.5 Å². The molecule has 0 saturated heterocycles. The Morgan fingerprint density at radius 1 is 0.861 bits per heavy atom. The SMILES string of the molecule is CC(C)(C)c1ccc(NC(=O)C(=O)Nn2c(C(=O)Nc3ccccc3Cl)cc3cc(Br)ccc32)cc1. The van der Waals surface area contributed by atoms with E-state index in [1.165, 1.54) is 4.68 Å². The zero-order valence-electron chi connectivity index (χ0n) is 19.9. The van der Waals surface area contributed by atoms with E-state index in [2.05, 4.69) is 52.8 Å². The molecule has 0 unspecified atom stereocenters. The van der Waals surface area contributed by atoms with Gasteiger partial charge in [-0.05, 0) is 59.5 Å². The lowest BCUT2D eigenvalue weighted by atomic mass is 9.87. The Morgan fingerprint density at radius 2 is 1.56 bits per heavy atom. The molecular weight excluding hydrogens is 544 g/mol. The number of nitrogens with zero attached hydrogens (tertiary/aromatic N) is 1. The molecule has 3 aromatic carbocycles. The highest BCUT2D eigenvalue weighted by Crippen LogP contribution is 2.26. The predicted molar refractivity (Wildman–Crippen MR) is 147 cm³/mol. The summed E-state index contributed by atoms with van der Waals surface area (Å²) in [6, 6.07) is 21.1. The lowest BCUT2D eigenvalue weighted by Gasteiger charge is -2.19. The van der Waals surface area contributed by atoms with Gasteiger partial charge in [-0.25, -0.2) is 4.68 Å². The summed E-state index contributed by atoms with van der Waals surface area (Å²) < 4.78 is 2.09. The average Bonchev–Trinajstić information content (AvgIpc) is 3.17. The van der Waals surface area contributed by atoms with Gasteiger partial charge in [0.25, 0.3) is 5.91 Å². The molecule has 0 aliphatic carbocycles. The van der Waals surface area contributed by atoms with Crippen LogP contribution in [0, 0.1) is 0 Å². The van der Waals surface area contributed by atoms with Crippen molar-refractivity contribution in [2.75, 3.05) is 16.1 Å². The van der Waals surface area contributed by atoms with Crippen LogP contribution in [-0.2, 0) is 15.0 Å². The molecule has 7 nitrogen and oxygen atoms in total. The van der Waals surface area contributed by atoms with Gasteiger partial charge in [0.05, 0.1) is 16.2 Å². The number of carbonyl (C=O) groups is 3. The molecule has 184 valence electrons. The molecule has 3 amide bonds. The standard InChI is InChI=1S/C27H24BrClN4O3/c1-27(2,3)17-8-11-19(12-9-17)30-25(35)26(36)32-33-22-13-10-18(28)14-16(22)15-23(33)24(34)31-21-7-5-4-6-20(21)29/h4-15H,1-3H3,(H,30,35)(H,31,34)(H,32,36). The van der Waals surface area contributed by atoms with Gasteiger partial charge in [-0.15, -0.1) is 0 Å². The topological polar surface area (TPSA) is 92.2 Å². The number of benzene rings is 3. The maximum atomic E-state index is 13.1. The van der Waals surface area contributed by atoms with E-state index in [1.807, 2.05) is 12.1 Å². The fraction of sp³-hybridized carbons (Fsp3) is 0.148. The highest BCUT2D eigenvalue weighted by Gasteiger charge is 2.22. The van der Waals surface area contributed by atoms with E-state index < -0.39 is 17.7 Å². The number of hydrogen-bond donors (Lipinski definition) is 3. The fourth-order valence-corrected chi connectivity index (χ4v) is 4.18. The molecular formula is C27H24BrClN4O3. The number of aromatic nitrogens is 1. The van der Waals surface area contributed by atoms with Crippen LogP contribution in [-0.4, -0.2) is 22.4 Å². The Labute approximate surface area is 221 Å². The van der Waals surface area contributed by atoms with Crippen LogP contribution < -0.4 is 16.1 Å². The number of rotatable bonds is 4. The minimum Gasteiger partial charge on any atom is -0.319 e. The van der Waals surface area contributed by atoms with Crippen LogP contribution in [0.5, 0.6) is 0 Å². The van der Waals surface area contributed by atoms with Gasteiger partial charge in [0.15, 0.2) is 0 Å². The van der Waals surface area contributed by atoms with E-state index in [0.717, 1.165) is 10.0 Å². The van der Waals surface area contributed by atoms with Crippen LogP contribution in [0.2, 0.25) is 5.02 Å². The smallest absolute Gasteiger partial charge is 0.319 e. The van der Waals surface area contributed by atoms with Gasteiger partial charge >= 0.3 is 11.8 Å². The van der Waals surface area contributed by atoms with Gasteiger partial charge < -0.3 is 10.6 Å². The maximum Gasteiger partial charge on any atom is 0.328 e. The number of nitrogens with one attached hydrogen (secondary N) is 3. The summed E-state index contributed by atoms with van der Waals surface area (Å²) in [5, 5.41) is 6.40. The van der Waals surface area contributed by atoms with Gasteiger partial charge in [-0.3, -0.25) is 19.8 Å². The van der Waals surface area contributed by atoms with Crippen LogP contribution in [0.25, 0.3) is 10.9 Å². The Bertz CT molecular complexity index is 1470. The highest BCUT2D eigenvalue weighted by molar-refractivity contribution is 9.10. The van der Waals surface area contributed by atoms with Crippen LogP contribution >= 0.6 is 27.5 Å². The lowest BCUT2D eigenvalue weighted by molar-refractivity contribution is -0.133. The first-order valence-corrected chi connectivity index (χ1v) is 12.3. The first-order valence-electron chi connectivity index (χ1n) is 11.1. The molecule has 0 fully saturated rings. The van der Waals surface area contributed by atoms with Crippen LogP contribution in [0.3, 0.4) is 0 Å². The third kappa shape index (κ3) is 5.61. The summed E-state index contributed by atoms with van der Waals surface area (Å²) in [5.41, 5.74) is 5.18. The number of para-hydroxylation sites is 1. The van der Waals surface area contributed by atoms with Crippen molar-refractivity contribution in [2.45, 2.75) is 26.2 Å². The number of hydrogen-bond acceptors (Lipinski definition) is 3. The molecule has 3 N–H and O–H groups in total. The van der Waals surface area contributed by atoms with E-state index in [-0.39, 0.29) is 11.1 Å². The molecule has 0 radical (unpaired) electrons. The van der Waals surface area contributed by atoms with Gasteiger partial charge in [-0.1, -0.05) is 72.6 Å². The van der Waals surface area contributed by atoms with Crippen molar-refractivity contribution in [1.29, 1.82) is 0 Å². The minimum absolute atomic E-state index is 0.0364. The molecule has 1 heterocycles. The number of anilines is 2. The van der Waals surface area contributed by atoms with Crippen molar-refractivity contribution in [2.24, 2.45) is 0 Å². The summed E-state index contributed by atoms with van der Waals surface area (Å²) in [6.45, 7) is 6.27. The zero-order chi connectivity index (χ0) is 26.0. The fourth-order valence-electron chi connectivity index (χ4n) is 3.62. The van der Waals surface area contributed by atoms with Crippen LogP contribution in [0.15, 0.2) is 77.3 Å². The van der Waals surface area contributed by atoms with Crippen molar-refractivity contribution in [1.82, 2.24) is 4.68 Å². The number of amides is 3. The second-order valence-electron chi connectivity index (χ2n) is 9.22. The summed E-state index contributed by atoms with van der Waals surface area (Å²) >= 11 is 9.60. The van der Waals surface area contributed by atoms with E-state index >= 15 is 0 Å². The van der Waals surface area contributed by atoms with Crippen molar-refractivity contribution in [3.8, 4) is 0 Å². The molecule has 0 aliphatic heterocycles. The summed E-state index contributed by atoms with van der Waals surface area (Å²) in [7, 11) is 0. The molecule has 0 saturated carbocycles. The second-order valence-corrected chi connectivity index (χ2v) is 10.5. The largest absolute Gasteiger partial charge is 0.328 e. The minimum atomic E-state index is -0.929. The summed E-state index contributed by atoms with van der Waals surface area (Å²) in [5.74, 6) is -2.30. The first-order chi connectivity index (χ1) is 17.0.